The third-order valence-corrected chi connectivity index (χ3v) is 6.96. The molecule has 4 aromatic carbocycles. The number of halogens is 1. The molecule has 136 valence electrons. The molecule has 0 saturated carbocycles. The number of para-hydroxylation sites is 1. The maximum absolute atomic E-state index is 4.75. The van der Waals surface area contributed by atoms with E-state index in [-0.39, 0.29) is 24.0 Å². The molecule has 6 rings (SSSR count). The fraction of sp³-hybridized carbons (Fsp3) is 0. The monoisotopic (exact) mass is 510 g/mol. The van der Waals surface area contributed by atoms with Gasteiger partial charge in [0.15, 0.2) is 0 Å². The van der Waals surface area contributed by atoms with Crippen molar-refractivity contribution >= 4 is 90.6 Å². The Hall–Kier alpha value is -2.09. The van der Waals surface area contributed by atoms with Crippen LogP contribution in [0, 0.1) is 0 Å². The van der Waals surface area contributed by atoms with Crippen molar-refractivity contribution < 1.29 is 0 Å². The molecule has 0 amide bonds. The van der Waals surface area contributed by atoms with Crippen molar-refractivity contribution in [1.82, 2.24) is 4.98 Å². The number of fused-ring (bicyclic) bond motifs is 7. The molecule has 0 aliphatic carbocycles. The molecule has 1 aliphatic heterocycles. The molecule has 5 heteroatoms. The van der Waals surface area contributed by atoms with Crippen LogP contribution < -0.4 is 5.32 Å². The zero-order valence-electron chi connectivity index (χ0n) is 14.7. The number of anilines is 1. The van der Waals surface area contributed by atoms with Gasteiger partial charge in [-0.15, -0.1) is 35.3 Å². The van der Waals surface area contributed by atoms with E-state index in [1.54, 1.807) is 23.1 Å². The zero-order valence-corrected chi connectivity index (χ0v) is 18.6. The van der Waals surface area contributed by atoms with Crippen LogP contribution in [0.5, 0.6) is 0 Å². The predicted molar refractivity (Wildman–Crippen MR) is 134 cm³/mol. The lowest BCUT2D eigenvalue weighted by Gasteiger charge is -2.09. The Balaban J connectivity index is 0.00000171. The van der Waals surface area contributed by atoms with Gasteiger partial charge in [-0.1, -0.05) is 72.4 Å². The van der Waals surface area contributed by atoms with Crippen molar-refractivity contribution in [2.24, 2.45) is 0 Å². The summed E-state index contributed by atoms with van der Waals surface area (Å²) in [5.74, 6) is 0. The third-order valence-electron chi connectivity index (χ3n) is 4.91. The molecule has 0 fully saturated rings. The Bertz CT molecular complexity index is 1290. The second-order valence-electron chi connectivity index (χ2n) is 6.55. The minimum absolute atomic E-state index is 0. The molecule has 0 bridgehead atoms. The molecule has 2 heterocycles. The van der Waals surface area contributed by atoms with Crippen molar-refractivity contribution in [3.05, 3.63) is 82.8 Å². The lowest BCUT2D eigenvalue weighted by molar-refractivity contribution is 1.46. The summed E-state index contributed by atoms with van der Waals surface area (Å²) < 4.78 is 1.22. The van der Waals surface area contributed by atoms with Crippen LogP contribution in [0.1, 0.15) is 5.01 Å². The first-order valence-corrected chi connectivity index (χ1v) is 10.5. The van der Waals surface area contributed by atoms with Gasteiger partial charge in [-0.05, 0) is 28.3 Å². The summed E-state index contributed by atoms with van der Waals surface area (Å²) >= 11 is 3.53. The van der Waals surface area contributed by atoms with Crippen molar-refractivity contribution in [3.63, 3.8) is 0 Å². The highest BCUT2D eigenvalue weighted by molar-refractivity contribution is 14.0. The number of hydrogen-bond donors (Lipinski definition) is 1. The summed E-state index contributed by atoms with van der Waals surface area (Å²) in [5.41, 5.74) is 2.27. The van der Waals surface area contributed by atoms with Gasteiger partial charge in [0.1, 0.15) is 5.01 Å². The average molecular weight is 510 g/mol. The standard InChI is InChI=1S/C23H14N2S2.HI/c1-3-9-16-14(7-1)15-8-2-4-10-17(15)23-22(16)25-21(27-23)13-20-24-18-11-5-6-12-19(18)26-20;/h1-13,25H;1H. The summed E-state index contributed by atoms with van der Waals surface area (Å²) in [6.07, 6.45) is 2.17. The second-order valence-corrected chi connectivity index (χ2v) is 8.67. The molecule has 0 unspecified atom stereocenters. The van der Waals surface area contributed by atoms with Gasteiger partial charge in [-0.25, -0.2) is 4.98 Å². The Morgan fingerprint density at radius 3 is 2.18 bits per heavy atom. The second kappa shape index (κ2) is 7.06. The van der Waals surface area contributed by atoms with Crippen LogP contribution in [-0.4, -0.2) is 4.98 Å². The minimum atomic E-state index is 0. The number of thioether (sulfide) groups is 1. The number of rotatable bonds is 1. The van der Waals surface area contributed by atoms with Gasteiger partial charge in [0, 0.05) is 16.4 Å². The molecule has 5 aromatic rings. The summed E-state index contributed by atoms with van der Waals surface area (Å²) in [6, 6.07) is 25.6. The topological polar surface area (TPSA) is 24.9 Å². The first kappa shape index (κ1) is 18.0. The smallest absolute Gasteiger partial charge is 0.119 e. The highest BCUT2D eigenvalue weighted by Crippen LogP contribution is 2.50. The van der Waals surface area contributed by atoms with Crippen LogP contribution in [-0.2, 0) is 0 Å². The Kier molecular flexibility index (Phi) is 4.53. The number of nitrogens with one attached hydrogen (secondary N) is 1. The van der Waals surface area contributed by atoms with E-state index in [1.165, 1.54) is 36.8 Å². The van der Waals surface area contributed by atoms with E-state index in [1.807, 2.05) is 6.07 Å². The Morgan fingerprint density at radius 1 is 0.750 bits per heavy atom. The van der Waals surface area contributed by atoms with E-state index in [2.05, 4.69) is 78.1 Å². The molecule has 0 saturated heterocycles. The van der Waals surface area contributed by atoms with Gasteiger partial charge in [0.25, 0.3) is 0 Å². The highest BCUT2D eigenvalue weighted by atomic mass is 127. The van der Waals surface area contributed by atoms with Crippen molar-refractivity contribution in [1.29, 1.82) is 0 Å². The zero-order chi connectivity index (χ0) is 17.8. The van der Waals surface area contributed by atoms with E-state index < -0.39 is 0 Å². The third kappa shape index (κ3) is 2.80. The summed E-state index contributed by atoms with van der Waals surface area (Å²) in [4.78, 5) is 6.05. The van der Waals surface area contributed by atoms with Crippen molar-refractivity contribution in [2.45, 2.75) is 4.90 Å². The van der Waals surface area contributed by atoms with Crippen LogP contribution in [0.25, 0.3) is 37.8 Å². The van der Waals surface area contributed by atoms with E-state index >= 15 is 0 Å². The van der Waals surface area contributed by atoms with E-state index in [0.717, 1.165) is 15.6 Å². The van der Waals surface area contributed by atoms with E-state index in [4.69, 9.17) is 4.98 Å². The van der Waals surface area contributed by atoms with Gasteiger partial charge in [-0.2, -0.15) is 0 Å². The van der Waals surface area contributed by atoms with Gasteiger partial charge in [0.2, 0.25) is 0 Å². The maximum atomic E-state index is 4.75. The van der Waals surface area contributed by atoms with Gasteiger partial charge in [0.05, 0.1) is 20.9 Å². The van der Waals surface area contributed by atoms with Gasteiger partial charge in [-0.3, -0.25) is 0 Å². The Labute approximate surface area is 187 Å². The molecule has 0 radical (unpaired) electrons. The first-order valence-electron chi connectivity index (χ1n) is 8.82. The molecule has 0 spiro atoms. The van der Waals surface area contributed by atoms with Crippen LogP contribution >= 0.6 is 47.1 Å². The molecule has 0 atom stereocenters. The molecule has 2 nitrogen and oxygen atoms in total. The number of thiazole rings is 1. The highest BCUT2D eigenvalue weighted by Gasteiger charge is 2.22. The Morgan fingerprint density at radius 2 is 1.39 bits per heavy atom. The summed E-state index contributed by atoms with van der Waals surface area (Å²) in [5, 5.41) is 11.0. The molecule has 28 heavy (non-hydrogen) atoms. The number of aromatic nitrogens is 1. The van der Waals surface area contributed by atoms with E-state index in [9.17, 15) is 0 Å². The molecular weight excluding hydrogens is 495 g/mol. The predicted octanol–water partition coefficient (Wildman–Crippen LogP) is 7.74. The molecule has 1 aromatic heterocycles. The lowest BCUT2D eigenvalue weighted by atomic mass is 10.0. The van der Waals surface area contributed by atoms with Crippen LogP contribution in [0.4, 0.5) is 5.69 Å². The van der Waals surface area contributed by atoms with Crippen LogP contribution in [0.3, 0.4) is 0 Å². The fourth-order valence-electron chi connectivity index (χ4n) is 3.73. The first-order chi connectivity index (χ1) is 13.4. The van der Waals surface area contributed by atoms with Crippen LogP contribution in [0.2, 0.25) is 0 Å². The van der Waals surface area contributed by atoms with Crippen molar-refractivity contribution in [2.75, 3.05) is 5.32 Å². The molecule has 1 aliphatic rings. The average Bonchev–Trinajstić information content (AvgIpc) is 3.32. The number of hydrogen-bond acceptors (Lipinski definition) is 4. The minimum Gasteiger partial charge on any atom is -0.348 e. The fourth-order valence-corrected chi connectivity index (χ4v) is 5.81. The normalized spacial score (nSPS) is 14.4. The number of benzene rings is 4. The van der Waals surface area contributed by atoms with Gasteiger partial charge < -0.3 is 5.32 Å². The van der Waals surface area contributed by atoms with E-state index in [0.29, 0.717) is 0 Å². The largest absolute Gasteiger partial charge is 0.348 e. The maximum Gasteiger partial charge on any atom is 0.119 e. The molecule has 1 N–H and O–H groups in total. The summed E-state index contributed by atoms with van der Waals surface area (Å²) in [7, 11) is 0. The SMILES string of the molecule is C(=C1Nc2c(c3ccccc3c3ccccc23)S1)c1nc2ccccc2s1.I. The molecular formula is C23H15IN2S2. The lowest BCUT2D eigenvalue weighted by Crippen LogP contribution is -1.90. The summed E-state index contributed by atoms with van der Waals surface area (Å²) in [6.45, 7) is 0. The van der Waals surface area contributed by atoms with Gasteiger partial charge >= 0.3 is 0 Å². The quantitative estimate of drug-likeness (QED) is 0.185. The van der Waals surface area contributed by atoms with Crippen LogP contribution in [0.15, 0.2) is 82.7 Å². The number of nitrogens with zero attached hydrogens (tertiary/aromatic N) is 1. The van der Waals surface area contributed by atoms with Crippen molar-refractivity contribution in [3.8, 4) is 0 Å².